The van der Waals surface area contributed by atoms with E-state index in [0.29, 0.717) is 11.2 Å². The Morgan fingerprint density at radius 3 is 2.90 bits per heavy atom. The molecule has 0 aromatic carbocycles. The van der Waals surface area contributed by atoms with Gasteiger partial charge in [0.2, 0.25) is 0 Å². The SMILES string of the molecule is O[C@@H]1CO[C@H]2[C@@H]1OC[C@H]2Oc1nc2nc(NCc3ncc(F)cc3F)c(Cl)cc2[nH]1. The van der Waals surface area contributed by atoms with Gasteiger partial charge in [-0.05, 0) is 6.07 Å². The molecule has 0 spiro atoms. The number of halogens is 3. The lowest BCUT2D eigenvalue weighted by atomic mass is 10.1. The van der Waals surface area contributed by atoms with Gasteiger partial charge in [0.25, 0.3) is 6.01 Å². The Bertz CT molecular complexity index is 1100. The minimum Gasteiger partial charge on any atom is -0.456 e. The van der Waals surface area contributed by atoms with Crippen LogP contribution in [0.2, 0.25) is 5.02 Å². The number of aromatic nitrogens is 4. The molecule has 0 saturated carbocycles. The van der Waals surface area contributed by atoms with Crippen molar-refractivity contribution in [2.45, 2.75) is 31.0 Å². The molecule has 5 rings (SSSR count). The second-order valence-corrected chi connectivity index (χ2v) is 7.39. The minimum absolute atomic E-state index is 0.0231. The molecule has 5 heterocycles. The third-order valence-electron chi connectivity index (χ3n) is 4.96. The lowest BCUT2D eigenvalue weighted by Crippen LogP contribution is -2.34. The van der Waals surface area contributed by atoms with Gasteiger partial charge in [0, 0.05) is 6.07 Å². The summed E-state index contributed by atoms with van der Waals surface area (Å²) >= 11 is 6.25. The van der Waals surface area contributed by atoms with Crippen LogP contribution in [0.25, 0.3) is 11.2 Å². The van der Waals surface area contributed by atoms with Gasteiger partial charge in [-0.25, -0.2) is 13.8 Å². The van der Waals surface area contributed by atoms with E-state index in [1.54, 1.807) is 6.07 Å². The number of ether oxygens (including phenoxy) is 3. The molecule has 0 unspecified atom stereocenters. The number of H-pyrrole nitrogens is 1. The number of aromatic amines is 1. The van der Waals surface area contributed by atoms with Crippen LogP contribution >= 0.6 is 11.6 Å². The van der Waals surface area contributed by atoms with Crippen LogP contribution in [0.3, 0.4) is 0 Å². The molecule has 2 saturated heterocycles. The van der Waals surface area contributed by atoms with Crippen LogP contribution in [0.1, 0.15) is 5.69 Å². The zero-order valence-corrected chi connectivity index (χ0v) is 16.1. The zero-order chi connectivity index (χ0) is 20.8. The van der Waals surface area contributed by atoms with Crippen molar-refractivity contribution in [1.82, 2.24) is 19.9 Å². The van der Waals surface area contributed by atoms with E-state index in [4.69, 9.17) is 25.8 Å². The number of anilines is 1. The lowest BCUT2D eigenvalue weighted by Gasteiger charge is -2.15. The molecule has 4 atom stereocenters. The molecule has 2 aliphatic rings. The summed E-state index contributed by atoms with van der Waals surface area (Å²) < 4.78 is 43.6. The fourth-order valence-electron chi connectivity index (χ4n) is 3.50. The Labute approximate surface area is 173 Å². The minimum atomic E-state index is -0.772. The summed E-state index contributed by atoms with van der Waals surface area (Å²) in [5, 5.41) is 13.0. The first-order valence-corrected chi connectivity index (χ1v) is 9.53. The van der Waals surface area contributed by atoms with E-state index in [0.717, 1.165) is 12.3 Å². The Morgan fingerprint density at radius 2 is 2.07 bits per heavy atom. The molecule has 12 heteroatoms. The number of nitrogens with zero attached hydrogens (tertiary/aromatic N) is 3. The number of aliphatic hydroxyl groups excluding tert-OH is 1. The highest BCUT2D eigenvalue weighted by Gasteiger charge is 2.48. The fraction of sp³-hybridized carbons (Fsp3) is 0.389. The summed E-state index contributed by atoms with van der Waals surface area (Å²) in [5.41, 5.74) is 0.886. The zero-order valence-electron chi connectivity index (χ0n) is 15.3. The monoisotopic (exact) mass is 439 g/mol. The first kappa shape index (κ1) is 19.4. The van der Waals surface area contributed by atoms with Gasteiger partial charge in [0.1, 0.15) is 35.8 Å². The van der Waals surface area contributed by atoms with Gasteiger partial charge in [0.15, 0.2) is 11.8 Å². The molecule has 3 aromatic heterocycles. The van der Waals surface area contributed by atoms with E-state index >= 15 is 0 Å². The van der Waals surface area contributed by atoms with Crippen molar-refractivity contribution in [2.24, 2.45) is 0 Å². The van der Waals surface area contributed by atoms with Crippen molar-refractivity contribution in [2.75, 3.05) is 18.5 Å². The van der Waals surface area contributed by atoms with Crippen molar-refractivity contribution in [1.29, 1.82) is 0 Å². The van der Waals surface area contributed by atoms with Crippen LogP contribution in [-0.2, 0) is 16.0 Å². The molecular formula is C18H16ClF2N5O4. The Balaban J connectivity index is 1.32. The third-order valence-corrected chi connectivity index (χ3v) is 5.25. The van der Waals surface area contributed by atoms with Crippen molar-refractivity contribution >= 4 is 28.6 Å². The first-order chi connectivity index (χ1) is 14.5. The normalized spacial score (nSPS) is 25.6. The highest BCUT2D eigenvalue weighted by atomic mass is 35.5. The van der Waals surface area contributed by atoms with Gasteiger partial charge in [-0.3, -0.25) is 4.98 Å². The maximum absolute atomic E-state index is 13.8. The fourth-order valence-corrected chi connectivity index (χ4v) is 3.72. The molecule has 0 radical (unpaired) electrons. The van der Waals surface area contributed by atoms with E-state index in [9.17, 15) is 13.9 Å². The average molecular weight is 440 g/mol. The Kier molecular flexibility index (Phi) is 4.89. The van der Waals surface area contributed by atoms with Gasteiger partial charge < -0.3 is 29.6 Å². The van der Waals surface area contributed by atoms with Crippen LogP contribution in [0, 0.1) is 11.6 Å². The van der Waals surface area contributed by atoms with Gasteiger partial charge in [-0.1, -0.05) is 11.6 Å². The predicted molar refractivity (Wildman–Crippen MR) is 100 cm³/mol. The van der Waals surface area contributed by atoms with Crippen molar-refractivity contribution in [3.05, 3.63) is 40.7 Å². The number of fused-ring (bicyclic) bond motifs is 2. The molecule has 3 N–H and O–H groups in total. The molecule has 0 bridgehead atoms. The summed E-state index contributed by atoms with van der Waals surface area (Å²) in [6.45, 7) is 0.423. The van der Waals surface area contributed by atoms with Crippen molar-refractivity contribution in [3.63, 3.8) is 0 Å². The number of nitrogens with one attached hydrogen (secondary N) is 2. The highest BCUT2D eigenvalue weighted by Crippen LogP contribution is 2.30. The Morgan fingerprint density at radius 1 is 1.23 bits per heavy atom. The molecule has 2 aliphatic heterocycles. The summed E-state index contributed by atoms with van der Waals surface area (Å²) in [6, 6.07) is 2.56. The van der Waals surface area contributed by atoms with E-state index in [2.05, 4.69) is 25.3 Å². The third kappa shape index (κ3) is 3.54. The molecule has 3 aromatic rings. The molecule has 158 valence electrons. The quantitative estimate of drug-likeness (QED) is 0.551. The van der Waals surface area contributed by atoms with Gasteiger partial charge in [0.05, 0.1) is 42.2 Å². The number of hydrogen-bond donors (Lipinski definition) is 3. The van der Waals surface area contributed by atoms with Crippen LogP contribution in [-0.4, -0.2) is 62.7 Å². The summed E-state index contributed by atoms with van der Waals surface area (Å²) in [4.78, 5) is 15.3. The summed E-state index contributed by atoms with van der Waals surface area (Å²) in [6.07, 6.45) is -0.953. The molecular weight excluding hydrogens is 424 g/mol. The molecule has 0 aliphatic carbocycles. The predicted octanol–water partition coefficient (Wildman–Crippen LogP) is 1.80. The van der Waals surface area contributed by atoms with Crippen LogP contribution in [0.5, 0.6) is 6.01 Å². The second kappa shape index (κ2) is 7.58. The van der Waals surface area contributed by atoms with Crippen molar-refractivity contribution in [3.8, 4) is 6.01 Å². The number of aliphatic hydroxyl groups is 1. The molecule has 30 heavy (non-hydrogen) atoms. The standard InChI is InChI=1S/C18H16ClF2N5O4/c19-8-2-10-17(25-16(8)23-4-11-9(21)1-7(20)3-22-11)26-18(24-10)30-13-6-29-14-12(27)5-28-15(13)14/h1-3,12-15,27H,4-6H2,(H2,23,24,25,26)/t12-,13-,14-,15-/m1/s1. The summed E-state index contributed by atoms with van der Waals surface area (Å²) in [7, 11) is 0. The molecule has 9 nitrogen and oxygen atoms in total. The first-order valence-electron chi connectivity index (χ1n) is 9.16. The van der Waals surface area contributed by atoms with E-state index in [-0.39, 0.29) is 48.4 Å². The number of pyridine rings is 2. The van der Waals surface area contributed by atoms with Crippen molar-refractivity contribution < 1.29 is 28.1 Å². The number of imidazole rings is 1. The highest BCUT2D eigenvalue weighted by molar-refractivity contribution is 6.33. The van der Waals surface area contributed by atoms with E-state index < -0.39 is 29.9 Å². The smallest absolute Gasteiger partial charge is 0.296 e. The van der Waals surface area contributed by atoms with E-state index in [1.165, 1.54) is 0 Å². The van der Waals surface area contributed by atoms with Gasteiger partial charge in [-0.15, -0.1) is 0 Å². The maximum Gasteiger partial charge on any atom is 0.296 e. The summed E-state index contributed by atoms with van der Waals surface area (Å²) in [5.74, 6) is -1.26. The lowest BCUT2D eigenvalue weighted by molar-refractivity contribution is 0.00706. The average Bonchev–Trinajstić information content (AvgIpc) is 3.38. The number of rotatable bonds is 5. The van der Waals surface area contributed by atoms with Crippen LogP contribution in [0.15, 0.2) is 18.3 Å². The second-order valence-electron chi connectivity index (χ2n) is 6.99. The van der Waals surface area contributed by atoms with Crippen LogP contribution in [0.4, 0.5) is 14.6 Å². The van der Waals surface area contributed by atoms with Gasteiger partial charge >= 0.3 is 0 Å². The topological polar surface area (TPSA) is 114 Å². The number of hydrogen-bond acceptors (Lipinski definition) is 8. The van der Waals surface area contributed by atoms with E-state index in [1.807, 2.05) is 0 Å². The Hall–Kier alpha value is -2.60. The largest absolute Gasteiger partial charge is 0.456 e. The van der Waals surface area contributed by atoms with Gasteiger partial charge in [-0.2, -0.15) is 4.98 Å². The maximum atomic E-state index is 13.8. The van der Waals surface area contributed by atoms with Crippen LogP contribution < -0.4 is 10.1 Å². The molecule has 2 fully saturated rings. The molecule has 0 amide bonds.